The second-order valence-corrected chi connectivity index (χ2v) is 13.5. The number of amides is 5. The first-order chi connectivity index (χ1) is 22.7. The van der Waals surface area contributed by atoms with E-state index in [9.17, 15) is 33.2 Å². The quantitative estimate of drug-likeness (QED) is 0.352. The van der Waals surface area contributed by atoms with Gasteiger partial charge in [-0.2, -0.15) is 0 Å². The van der Waals surface area contributed by atoms with E-state index in [-0.39, 0.29) is 45.2 Å². The van der Waals surface area contributed by atoms with Crippen LogP contribution in [0.2, 0.25) is 0 Å². The highest BCUT2D eigenvalue weighted by Gasteiger charge is 2.47. The van der Waals surface area contributed by atoms with Crippen LogP contribution in [-0.4, -0.2) is 125 Å². The number of esters is 1. The van der Waals surface area contributed by atoms with Gasteiger partial charge in [0.25, 0.3) is 0 Å². The molecule has 5 rings (SSSR count). The molecule has 0 unspecified atom stereocenters. The number of rotatable bonds is 4. The molecule has 1 aromatic carbocycles. The van der Waals surface area contributed by atoms with Crippen molar-refractivity contribution in [3.8, 4) is 0 Å². The molecule has 1 aromatic rings. The number of nitrogens with one attached hydrogen (secondary N) is 2. The van der Waals surface area contributed by atoms with E-state index in [1.54, 1.807) is 13.0 Å². The summed E-state index contributed by atoms with van der Waals surface area (Å²) in [5.74, 6) is -4.23. The molecule has 0 aromatic heterocycles. The van der Waals surface area contributed by atoms with Crippen LogP contribution in [0.3, 0.4) is 0 Å². The second-order valence-electron chi connectivity index (χ2n) is 13.5. The summed E-state index contributed by atoms with van der Waals surface area (Å²) in [5, 5.41) is 5.35. The highest BCUT2D eigenvalue weighted by atomic mass is 19.1. The number of hydrogen-bond acceptors (Lipinski definition) is 9. The average molecular weight is 673 g/mol. The summed E-state index contributed by atoms with van der Waals surface area (Å²) in [6, 6.07) is -2.27. The zero-order valence-electron chi connectivity index (χ0n) is 27.8. The summed E-state index contributed by atoms with van der Waals surface area (Å²) < 4.78 is 25.4. The van der Waals surface area contributed by atoms with Gasteiger partial charge in [0.15, 0.2) is 0 Å². The van der Waals surface area contributed by atoms with Crippen molar-refractivity contribution in [1.82, 2.24) is 25.3 Å². The lowest BCUT2D eigenvalue weighted by Gasteiger charge is -2.39. The summed E-state index contributed by atoms with van der Waals surface area (Å²) in [6.07, 6.45) is -0.152. The van der Waals surface area contributed by atoms with E-state index in [2.05, 4.69) is 10.6 Å². The van der Waals surface area contributed by atoms with Gasteiger partial charge in [0.05, 0.1) is 19.3 Å². The number of benzene rings is 1. The number of cyclic esters (lactones) is 1. The fourth-order valence-corrected chi connectivity index (χ4v) is 7.12. The highest BCUT2D eigenvalue weighted by Crippen LogP contribution is 2.27. The van der Waals surface area contributed by atoms with Crippen molar-refractivity contribution in [2.75, 3.05) is 32.8 Å². The number of ether oxygens (including phenoxy) is 2. The molecule has 14 nitrogen and oxygen atoms in total. The zero-order chi connectivity index (χ0) is 34.9. The van der Waals surface area contributed by atoms with Crippen molar-refractivity contribution in [1.29, 1.82) is 0 Å². The molecule has 4 aliphatic heterocycles. The van der Waals surface area contributed by atoms with Crippen molar-refractivity contribution < 1.29 is 42.6 Å². The maximum absolute atomic E-state index is 14.3. The van der Waals surface area contributed by atoms with Gasteiger partial charge in [0, 0.05) is 19.6 Å². The number of nitrogens with zero attached hydrogens (tertiary/aromatic N) is 3. The molecule has 0 bridgehead atoms. The number of nitrogens with two attached hydrogens (primary N) is 1. The Morgan fingerprint density at radius 1 is 1.00 bits per heavy atom. The first-order valence-corrected chi connectivity index (χ1v) is 16.6. The fourth-order valence-electron chi connectivity index (χ4n) is 7.12. The molecule has 15 heteroatoms. The van der Waals surface area contributed by atoms with Gasteiger partial charge in [0.1, 0.15) is 42.1 Å². The molecule has 4 saturated heterocycles. The number of aryl methyl sites for hydroxylation is 1. The molecule has 5 amide bonds. The smallest absolute Gasteiger partial charge is 0.329 e. The normalized spacial score (nSPS) is 31.1. The number of carbonyl (C=O) groups is 6. The summed E-state index contributed by atoms with van der Waals surface area (Å²) in [7, 11) is 0. The van der Waals surface area contributed by atoms with Crippen LogP contribution in [0.15, 0.2) is 18.2 Å². The van der Waals surface area contributed by atoms with E-state index in [1.165, 1.54) is 40.7 Å². The van der Waals surface area contributed by atoms with Gasteiger partial charge in [-0.1, -0.05) is 13.0 Å². The minimum atomic E-state index is -1.44. The standard InChI is InChI=1S/C33H45FN6O8/c1-17-10-21(13-22(34)11-17)14-23(35)28(41)37-27-20(4)48-33(46)25-12-18(2)15-40(25)30(43)19(3)36-29(42)26-16-47-9-8-39(26)31(44)24-6-5-7-38(24)32(27)45/h10-11,13,18-20,23-27H,5-9,12,14-16,35H2,1-4H3,(H,36,42)(H,37,41)/t18-,19-,20-,23-,24-,25-,26-,27-/m0/s1. The van der Waals surface area contributed by atoms with Crippen LogP contribution in [0, 0.1) is 18.7 Å². The minimum absolute atomic E-state index is 0.0277. The predicted molar refractivity (Wildman–Crippen MR) is 168 cm³/mol. The second kappa shape index (κ2) is 14.6. The maximum Gasteiger partial charge on any atom is 0.329 e. The predicted octanol–water partition coefficient (Wildman–Crippen LogP) is -0.606. The monoisotopic (exact) mass is 672 g/mol. The Kier molecular flexibility index (Phi) is 10.7. The van der Waals surface area contributed by atoms with Crippen molar-refractivity contribution in [3.63, 3.8) is 0 Å². The Labute approximate surface area is 278 Å². The molecule has 0 radical (unpaired) electrons. The Morgan fingerprint density at radius 2 is 1.73 bits per heavy atom. The first kappa shape index (κ1) is 35.2. The van der Waals surface area contributed by atoms with Crippen LogP contribution in [0.5, 0.6) is 0 Å². The molecule has 4 N–H and O–H groups in total. The van der Waals surface area contributed by atoms with Crippen molar-refractivity contribution in [2.45, 2.75) is 95.7 Å². The van der Waals surface area contributed by atoms with Crippen LogP contribution < -0.4 is 16.4 Å². The van der Waals surface area contributed by atoms with Crippen molar-refractivity contribution in [2.24, 2.45) is 11.7 Å². The largest absolute Gasteiger partial charge is 0.458 e. The van der Waals surface area contributed by atoms with E-state index >= 15 is 0 Å². The molecule has 262 valence electrons. The van der Waals surface area contributed by atoms with Gasteiger partial charge >= 0.3 is 5.97 Å². The lowest BCUT2D eigenvalue weighted by molar-refractivity contribution is -0.164. The fraction of sp³-hybridized carbons (Fsp3) is 0.636. The Bertz CT molecular complexity index is 1440. The number of carbonyl (C=O) groups excluding carboxylic acids is 6. The molecule has 4 aliphatic rings. The number of fused-ring (bicyclic) bond motifs is 3. The van der Waals surface area contributed by atoms with Gasteiger partial charge in [-0.15, -0.1) is 0 Å². The van der Waals surface area contributed by atoms with E-state index in [0.29, 0.717) is 30.4 Å². The number of halogens is 1. The van der Waals surface area contributed by atoms with Crippen molar-refractivity contribution in [3.05, 3.63) is 35.1 Å². The molecule has 4 heterocycles. The minimum Gasteiger partial charge on any atom is -0.458 e. The highest BCUT2D eigenvalue weighted by molar-refractivity contribution is 5.97. The van der Waals surface area contributed by atoms with Gasteiger partial charge in [-0.05, 0) is 75.6 Å². The summed E-state index contributed by atoms with van der Waals surface area (Å²) in [5.41, 5.74) is 7.37. The Morgan fingerprint density at radius 3 is 2.46 bits per heavy atom. The van der Waals surface area contributed by atoms with Crippen LogP contribution in [-0.2, 0) is 44.7 Å². The van der Waals surface area contributed by atoms with E-state index in [1.807, 2.05) is 6.92 Å². The van der Waals surface area contributed by atoms with Crippen molar-refractivity contribution >= 4 is 35.5 Å². The molecule has 0 spiro atoms. The molecule has 0 saturated carbocycles. The Hall–Kier alpha value is -4.11. The summed E-state index contributed by atoms with van der Waals surface area (Å²) >= 11 is 0. The molecule has 4 fully saturated rings. The molecule has 8 atom stereocenters. The molecule has 48 heavy (non-hydrogen) atoms. The van der Waals surface area contributed by atoms with Gasteiger partial charge in [-0.3, -0.25) is 24.0 Å². The first-order valence-electron chi connectivity index (χ1n) is 16.6. The summed E-state index contributed by atoms with van der Waals surface area (Å²) in [6.45, 7) is 7.21. The number of hydrogen-bond donors (Lipinski definition) is 3. The third-order valence-corrected chi connectivity index (χ3v) is 9.56. The Balaban J connectivity index is 1.47. The van der Waals surface area contributed by atoms with Crippen LogP contribution in [0.4, 0.5) is 4.39 Å². The molecule has 0 aliphatic carbocycles. The lowest BCUT2D eigenvalue weighted by atomic mass is 10.0. The van der Waals surface area contributed by atoms with Gasteiger partial charge in [0.2, 0.25) is 29.5 Å². The molecular weight excluding hydrogens is 627 g/mol. The third kappa shape index (κ3) is 7.46. The lowest BCUT2D eigenvalue weighted by Crippen LogP contribution is -2.64. The SMILES string of the molecule is Cc1cc(F)cc(C[C@H](N)C(=O)N[C@@H]2C(=O)N3CCC[C@H]3C(=O)N3CCOC[C@H]3C(=O)N[C@@H](C)C(=O)N3C[C@@H](C)C[C@H]3C(=O)O[C@H]2C)c1. The third-order valence-electron chi connectivity index (χ3n) is 9.56. The maximum atomic E-state index is 14.3. The zero-order valence-corrected chi connectivity index (χ0v) is 27.8. The average Bonchev–Trinajstić information content (AvgIpc) is 3.68. The van der Waals surface area contributed by atoms with Gasteiger partial charge < -0.3 is 40.5 Å². The van der Waals surface area contributed by atoms with Crippen LogP contribution in [0.25, 0.3) is 0 Å². The summed E-state index contributed by atoms with van der Waals surface area (Å²) in [4.78, 5) is 86.5. The van der Waals surface area contributed by atoms with E-state index in [0.717, 1.165) is 0 Å². The molecular formula is C33H45FN6O8. The van der Waals surface area contributed by atoms with E-state index < -0.39 is 83.7 Å². The van der Waals surface area contributed by atoms with E-state index in [4.69, 9.17) is 15.2 Å². The van der Waals surface area contributed by atoms with Crippen LogP contribution >= 0.6 is 0 Å². The topological polar surface area (TPSA) is 181 Å². The van der Waals surface area contributed by atoms with Crippen LogP contribution in [0.1, 0.15) is 51.2 Å². The van der Waals surface area contributed by atoms with Gasteiger partial charge in [-0.25, -0.2) is 9.18 Å². The number of morpholine rings is 1.